The first kappa shape index (κ1) is 16.5. The van der Waals surface area contributed by atoms with Gasteiger partial charge in [-0.05, 0) is 56.6 Å². The van der Waals surface area contributed by atoms with Crippen LogP contribution in [-0.4, -0.2) is 34.6 Å². The summed E-state index contributed by atoms with van der Waals surface area (Å²) in [5.41, 5.74) is 0.968. The van der Waals surface area contributed by atoms with Gasteiger partial charge in [0, 0.05) is 23.6 Å². The molecule has 3 N–H and O–H groups in total. The second-order valence-electron chi connectivity index (χ2n) is 6.96. The van der Waals surface area contributed by atoms with Gasteiger partial charge in [-0.15, -0.1) is 0 Å². The maximum Gasteiger partial charge on any atom is 0.259 e. The minimum atomic E-state index is -0.252. The SMILES string of the molecule is CCO[C@H]1C[C@H](NC(=O)c2ccc3c(=O)[nH]c(=S)[nH]c3c2)C12CCC2. The van der Waals surface area contributed by atoms with Crippen molar-refractivity contribution >= 4 is 29.0 Å². The second-order valence-corrected chi connectivity index (χ2v) is 7.37. The van der Waals surface area contributed by atoms with Gasteiger partial charge in [0.05, 0.1) is 17.0 Å². The number of fused-ring (bicyclic) bond motifs is 1. The zero-order chi connectivity index (χ0) is 17.6. The minimum Gasteiger partial charge on any atom is -0.378 e. The van der Waals surface area contributed by atoms with Gasteiger partial charge in [0.2, 0.25) is 0 Å². The Bertz CT molecular complexity index is 944. The smallest absolute Gasteiger partial charge is 0.259 e. The predicted octanol–water partition coefficient (Wildman–Crippen LogP) is 2.66. The first-order chi connectivity index (χ1) is 12.0. The summed E-state index contributed by atoms with van der Waals surface area (Å²) in [4.78, 5) is 30.0. The van der Waals surface area contributed by atoms with E-state index < -0.39 is 0 Å². The molecule has 6 nitrogen and oxygen atoms in total. The van der Waals surface area contributed by atoms with E-state index in [0.717, 1.165) is 19.3 Å². The molecule has 0 aliphatic heterocycles. The van der Waals surface area contributed by atoms with E-state index >= 15 is 0 Å². The van der Waals surface area contributed by atoms with Crippen molar-refractivity contribution in [2.24, 2.45) is 5.41 Å². The van der Waals surface area contributed by atoms with E-state index in [9.17, 15) is 9.59 Å². The average Bonchev–Trinajstić information content (AvgIpc) is 2.51. The van der Waals surface area contributed by atoms with Gasteiger partial charge in [0.15, 0.2) is 4.77 Å². The Morgan fingerprint density at radius 2 is 2.20 bits per heavy atom. The van der Waals surface area contributed by atoms with Crippen molar-refractivity contribution in [1.82, 2.24) is 15.3 Å². The van der Waals surface area contributed by atoms with Crippen LogP contribution in [0, 0.1) is 10.2 Å². The van der Waals surface area contributed by atoms with E-state index in [1.54, 1.807) is 18.2 Å². The standard InChI is InChI=1S/C18H21N3O3S/c1-2-24-14-9-13(18(14)6-3-7-18)20-15(22)10-4-5-11-12(8-10)19-17(25)21-16(11)23/h4-5,8,13-14H,2-3,6-7,9H2,1H3,(H,20,22)(H2,19,21,23,25)/t13-,14-/m0/s1. The topological polar surface area (TPSA) is 87.0 Å². The molecule has 1 spiro atoms. The molecular formula is C18H21N3O3S. The third-order valence-electron chi connectivity index (χ3n) is 5.74. The van der Waals surface area contributed by atoms with Gasteiger partial charge in [-0.25, -0.2) is 0 Å². The van der Waals surface area contributed by atoms with Crippen molar-refractivity contribution in [3.63, 3.8) is 0 Å². The molecule has 2 atom stereocenters. The molecule has 0 radical (unpaired) electrons. The van der Waals surface area contributed by atoms with Crippen LogP contribution in [0.4, 0.5) is 0 Å². The van der Waals surface area contributed by atoms with Crippen LogP contribution in [0.1, 0.15) is 43.0 Å². The lowest BCUT2D eigenvalue weighted by atomic mass is 9.51. The number of benzene rings is 1. The Morgan fingerprint density at radius 1 is 1.40 bits per heavy atom. The summed E-state index contributed by atoms with van der Waals surface area (Å²) >= 11 is 5.00. The lowest BCUT2D eigenvalue weighted by molar-refractivity contribution is -0.169. The molecule has 1 aromatic heterocycles. The number of hydrogen-bond donors (Lipinski definition) is 3. The van der Waals surface area contributed by atoms with Crippen molar-refractivity contribution < 1.29 is 9.53 Å². The van der Waals surface area contributed by atoms with Crippen LogP contribution in [0.2, 0.25) is 0 Å². The Morgan fingerprint density at radius 3 is 2.88 bits per heavy atom. The maximum absolute atomic E-state index is 12.7. The van der Waals surface area contributed by atoms with Gasteiger partial charge in [0.1, 0.15) is 0 Å². The molecule has 0 unspecified atom stereocenters. The zero-order valence-electron chi connectivity index (χ0n) is 14.1. The molecule has 25 heavy (non-hydrogen) atoms. The summed E-state index contributed by atoms with van der Waals surface area (Å²) in [7, 11) is 0. The number of carbonyl (C=O) groups excluding carboxylic acids is 1. The van der Waals surface area contributed by atoms with Crippen LogP contribution in [0.25, 0.3) is 10.9 Å². The number of aromatic amines is 2. The fraction of sp³-hybridized carbons (Fsp3) is 0.500. The summed E-state index contributed by atoms with van der Waals surface area (Å²) in [5.74, 6) is -0.118. The van der Waals surface area contributed by atoms with Crippen molar-refractivity contribution in [1.29, 1.82) is 0 Å². The van der Waals surface area contributed by atoms with Crippen LogP contribution in [0.5, 0.6) is 0 Å². The molecule has 0 bridgehead atoms. The zero-order valence-corrected chi connectivity index (χ0v) is 14.9. The lowest BCUT2D eigenvalue weighted by Gasteiger charge is -2.61. The number of nitrogens with one attached hydrogen (secondary N) is 3. The monoisotopic (exact) mass is 359 g/mol. The number of hydrogen-bond acceptors (Lipinski definition) is 4. The number of rotatable bonds is 4. The van der Waals surface area contributed by atoms with E-state index in [4.69, 9.17) is 17.0 Å². The molecule has 1 heterocycles. The summed E-state index contributed by atoms with van der Waals surface area (Å²) in [6.45, 7) is 2.73. The highest BCUT2D eigenvalue weighted by Crippen LogP contribution is 2.57. The molecule has 0 saturated heterocycles. The second kappa shape index (κ2) is 6.07. The first-order valence-electron chi connectivity index (χ1n) is 8.72. The first-order valence-corrected chi connectivity index (χ1v) is 9.13. The molecule has 7 heteroatoms. The summed E-state index contributed by atoms with van der Waals surface area (Å²) in [6.07, 6.45) is 4.56. The third-order valence-corrected chi connectivity index (χ3v) is 5.95. The predicted molar refractivity (Wildman–Crippen MR) is 97.3 cm³/mol. The largest absolute Gasteiger partial charge is 0.378 e. The van der Waals surface area contributed by atoms with E-state index in [0.29, 0.717) is 23.1 Å². The van der Waals surface area contributed by atoms with Gasteiger partial charge in [-0.3, -0.25) is 14.6 Å². The molecule has 132 valence electrons. The molecule has 2 saturated carbocycles. The lowest BCUT2D eigenvalue weighted by Crippen LogP contribution is -2.67. The number of carbonyl (C=O) groups is 1. The Kier molecular flexibility index (Phi) is 4.00. The fourth-order valence-electron chi connectivity index (χ4n) is 4.19. The van der Waals surface area contributed by atoms with Crippen LogP contribution >= 0.6 is 12.2 Å². The minimum absolute atomic E-state index is 0.118. The highest BCUT2D eigenvalue weighted by molar-refractivity contribution is 7.71. The molecule has 2 aliphatic carbocycles. The third kappa shape index (κ3) is 2.62. The van der Waals surface area contributed by atoms with Crippen LogP contribution in [-0.2, 0) is 4.74 Å². The van der Waals surface area contributed by atoms with E-state index in [-0.39, 0.29) is 33.8 Å². The van der Waals surface area contributed by atoms with Gasteiger partial charge in [-0.1, -0.05) is 6.42 Å². The number of amides is 1. The van der Waals surface area contributed by atoms with Crippen molar-refractivity contribution in [2.45, 2.75) is 44.8 Å². The number of H-pyrrole nitrogens is 2. The fourth-order valence-corrected chi connectivity index (χ4v) is 4.40. The molecule has 2 aromatic rings. The Balaban J connectivity index is 1.55. The van der Waals surface area contributed by atoms with Crippen molar-refractivity contribution in [3.05, 3.63) is 38.9 Å². The summed E-state index contributed by atoms with van der Waals surface area (Å²) in [6, 6.07) is 5.17. The van der Waals surface area contributed by atoms with Gasteiger partial charge >= 0.3 is 0 Å². The summed E-state index contributed by atoms with van der Waals surface area (Å²) in [5, 5.41) is 3.65. The number of aromatic nitrogens is 2. The van der Waals surface area contributed by atoms with Crippen LogP contribution < -0.4 is 10.9 Å². The molecule has 2 aliphatic rings. The molecule has 2 fully saturated rings. The summed E-state index contributed by atoms with van der Waals surface area (Å²) < 4.78 is 6.08. The van der Waals surface area contributed by atoms with Gasteiger partial charge in [-0.2, -0.15) is 0 Å². The highest BCUT2D eigenvalue weighted by atomic mass is 32.1. The Hall–Kier alpha value is -1.99. The molecular weight excluding hydrogens is 338 g/mol. The Labute approximate surface area is 150 Å². The average molecular weight is 359 g/mol. The van der Waals surface area contributed by atoms with Crippen molar-refractivity contribution in [3.8, 4) is 0 Å². The highest BCUT2D eigenvalue weighted by Gasteiger charge is 2.59. The van der Waals surface area contributed by atoms with E-state index in [1.807, 2.05) is 6.92 Å². The molecule has 1 amide bonds. The molecule has 4 rings (SSSR count). The van der Waals surface area contributed by atoms with Crippen molar-refractivity contribution in [2.75, 3.05) is 6.61 Å². The quantitative estimate of drug-likeness (QED) is 0.733. The van der Waals surface area contributed by atoms with E-state index in [2.05, 4.69) is 15.3 Å². The normalized spacial score (nSPS) is 23.9. The molecule has 1 aromatic carbocycles. The van der Waals surface area contributed by atoms with Gasteiger partial charge in [0.25, 0.3) is 11.5 Å². The van der Waals surface area contributed by atoms with Crippen LogP contribution in [0.3, 0.4) is 0 Å². The van der Waals surface area contributed by atoms with Gasteiger partial charge < -0.3 is 15.0 Å². The maximum atomic E-state index is 12.7. The van der Waals surface area contributed by atoms with Crippen LogP contribution in [0.15, 0.2) is 23.0 Å². The number of ether oxygens (including phenoxy) is 1. The van der Waals surface area contributed by atoms with E-state index in [1.165, 1.54) is 6.42 Å².